The number of benzene rings is 2. The molecule has 0 aliphatic heterocycles. The van der Waals surface area contributed by atoms with Gasteiger partial charge in [0.15, 0.2) is 0 Å². The zero-order valence-corrected chi connectivity index (χ0v) is 14.0. The lowest BCUT2D eigenvalue weighted by Crippen LogP contribution is -2.20. The van der Waals surface area contributed by atoms with E-state index < -0.39 is 17.5 Å². The fourth-order valence-electron chi connectivity index (χ4n) is 2.41. The van der Waals surface area contributed by atoms with E-state index in [9.17, 15) is 13.6 Å². The van der Waals surface area contributed by atoms with E-state index in [1.807, 2.05) is 42.2 Å². The molecule has 1 aromatic heterocycles. The summed E-state index contributed by atoms with van der Waals surface area (Å²) in [6.45, 7) is 2.62. The number of hydrogen-bond donors (Lipinski definition) is 1. The number of carbonyl (C=O) groups is 1. The molecule has 0 bridgehead atoms. The molecule has 1 amide bonds. The molecule has 0 fully saturated rings. The van der Waals surface area contributed by atoms with Crippen molar-refractivity contribution >= 4 is 23.2 Å². The zero-order chi connectivity index (χ0) is 18.5. The Morgan fingerprint density at radius 2 is 1.77 bits per heavy atom. The fourth-order valence-corrected chi connectivity index (χ4v) is 2.41. The van der Waals surface area contributed by atoms with Gasteiger partial charge in [0.1, 0.15) is 11.6 Å². The van der Waals surface area contributed by atoms with Gasteiger partial charge in [-0.2, -0.15) is 0 Å². The minimum absolute atomic E-state index is 0.111. The number of aromatic nitrogens is 2. The Hall–Kier alpha value is -3.35. The third-order valence-corrected chi connectivity index (χ3v) is 3.71. The van der Waals surface area contributed by atoms with Crippen LogP contribution in [0.4, 0.5) is 26.1 Å². The van der Waals surface area contributed by atoms with Gasteiger partial charge in [-0.1, -0.05) is 18.2 Å². The number of nitrogens with one attached hydrogen (secondary N) is 1. The lowest BCUT2D eigenvalue weighted by atomic mass is 10.2. The highest BCUT2D eigenvalue weighted by molar-refractivity contribution is 6.04. The largest absolute Gasteiger partial charge is 0.319 e. The van der Waals surface area contributed by atoms with Gasteiger partial charge >= 0.3 is 0 Å². The van der Waals surface area contributed by atoms with E-state index >= 15 is 0 Å². The maximum absolute atomic E-state index is 13.6. The predicted octanol–water partition coefficient (Wildman–Crippen LogP) is 4.17. The molecule has 0 aliphatic carbocycles. The summed E-state index contributed by atoms with van der Waals surface area (Å²) in [5.74, 6) is -1.70. The first-order valence-electron chi connectivity index (χ1n) is 7.99. The molecule has 0 atom stereocenters. The summed E-state index contributed by atoms with van der Waals surface area (Å²) in [5.41, 5.74) is 0.988. The molecule has 7 heteroatoms. The summed E-state index contributed by atoms with van der Waals surface area (Å²) in [6.07, 6.45) is 2.73. The second-order valence-corrected chi connectivity index (χ2v) is 5.43. The van der Waals surface area contributed by atoms with Crippen LogP contribution in [0.15, 0.2) is 60.9 Å². The molecule has 1 heterocycles. The van der Waals surface area contributed by atoms with Gasteiger partial charge in [-0.15, -0.1) is 0 Å². The first-order valence-corrected chi connectivity index (χ1v) is 7.99. The van der Waals surface area contributed by atoms with Crippen LogP contribution in [0.5, 0.6) is 0 Å². The van der Waals surface area contributed by atoms with Crippen LogP contribution < -0.4 is 10.2 Å². The smallest absolute Gasteiger partial charge is 0.258 e. The van der Waals surface area contributed by atoms with E-state index in [0.29, 0.717) is 18.6 Å². The standard InChI is InChI=1S/C19H16F2N4O/c1-2-25(15-6-4-3-5-7-15)19-22-11-13(12-23-19)18(26)24-17-9-8-14(20)10-16(17)21/h3-12H,2H2,1H3,(H,24,26). The summed E-state index contributed by atoms with van der Waals surface area (Å²) in [4.78, 5) is 22.5. The van der Waals surface area contributed by atoms with E-state index in [1.54, 1.807) is 0 Å². The second-order valence-electron chi connectivity index (χ2n) is 5.43. The minimum Gasteiger partial charge on any atom is -0.319 e. The van der Waals surface area contributed by atoms with Crippen molar-refractivity contribution in [1.29, 1.82) is 0 Å². The van der Waals surface area contributed by atoms with Crippen LogP contribution in [0.2, 0.25) is 0 Å². The highest BCUT2D eigenvalue weighted by Crippen LogP contribution is 2.21. The van der Waals surface area contributed by atoms with Crippen LogP contribution in [-0.2, 0) is 0 Å². The molecular weight excluding hydrogens is 338 g/mol. The third kappa shape index (κ3) is 3.83. The van der Waals surface area contributed by atoms with Gasteiger partial charge in [0, 0.05) is 30.7 Å². The van der Waals surface area contributed by atoms with E-state index in [2.05, 4.69) is 15.3 Å². The van der Waals surface area contributed by atoms with Crippen LogP contribution in [0.1, 0.15) is 17.3 Å². The minimum atomic E-state index is -0.850. The third-order valence-electron chi connectivity index (χ3n) is 3.71. The van der Waals surface area contributed by atoms with E-state index in [4.69, 9.17) is 0 Å². The Kier molecular flexibility index (Phi) is 5.17. The van der Waals surface area contributed by atoms with Crippen LogP contribution in [0.3, 0.4) is 0 Å². The Balaban J connectivity index is 1.77. The lowest BCUT2D eigenvalue weighted by Gasteiger charge is -2.20. The molecule has 3 rings (SSSR count). The predicted molar refractivity (Wildman–Crippen MR) is 95.5 cm³/mol. The Morgan fingerprint density at radius 1 is 1.08 bits per heavy atom. The second kappa shape index (κ2) is 7.69. The quantitative estimate of drug-likeness (QED) is 0.747. The summed E-state index contributed by atoms with van der Waals surface area (Å²) >= 11 is 0. The van der Waals surface area contributed by atoms with Gasteiger partial charge in [-0.3, -0.25) is 4.79 Å². The molecule has 3 aromatic rings. The Morgan fingerprint density at radius 3 is 2.38 bits per heavy atom. The number of para-hydroxylation sites is 1. The molecule has 0 aliphatic rings. The van der Waals surface area contributed by atoms with Gasteiger partial charge in [0.2, 0.25) is 5.95 Å². The van der Waals surface area contributed by atoms with Gasteiger partial charge < -0.3 is 10.2 Å². The molecule has 2 aromatic carbocycles. The first-order chi connectivity index (χ1) is 12.6. The topological polar surface area (TPSA) is 58.1 Å². The van der Waals surface area contributed by atoms with Crippen LogP contribution in [0.25, 0.3) is 0 Å². The normalized spacial score (nSPS) is 10.4. The molecule has 26 heavy (non-hydrogen) atoms. The van der Waals surface area contributed by atoms with E-state index in [-0.39, 0.29) is 11.3 Å². The number of halogens is 2. The molecule has 0 saturated heterocycles. The fraction of sp³-hybridized carbons (Fsp3) is 0.105. The van der Waals surface area contributed by atoms with Gasteiger partial charge in [-0.25, -0.2) is 18.7 Å². The van der Waals surface area contributed by atoms with Crippen molar-refractivity contribution in [2.45, 2.75) is 6.92 Å². The van der Waals surface area contributed by atoms with E-state index in [0.717, 1.165) is 17.8 Å². The SMILES string of the molecule is CCN(c1ccccc1)c1ncc(C(=O)Nc2ccc(F)cc2F)cn1. The number of carbonyl (C=O) groups excluding carboxylic acids is 1. The molecule has 0 spiro atoms. The monoisotopic (exact) mass is 354 g/mol. The number of amides is 1. The van der Waals surface area contributed by atoms with Crippen molar-refractivity contribution in [1.82, 2.24) is 9.97 Å². The average Bonchev–Trinajstić information content (AvgIpc) is 2.66. The summed E-state index contributed by atoms with van der Waals surface area (Å²) < 4.78 is 26.6. The summed E-state index contributed by atoms with van der Waals surface area (Å²) in [6, 6.07) is 12.5. The number of nitrogens with zero attached hydrogens (tertiary/aromatic N) is 3. The van der Waals surface area contributed by atoms with Crippen LogP contribution in [-0.4, -0.2) is 22.4 Å². The molecule has 0 saturated carbocycles. The van der Waals surface area contributed by atoms with Crippen LogP contribution >= 0.6 is 0 Å². The number of rotatable bonds is 5. The molecule has 1 N–H and O–H groups in total. The molecule has 0 unspecified atom stereocenters. The molecule has 0 radical (unpaired) electrons. The van der Waals surface area contributed by atoms with Gasteiger partial charge in [0.25, 0.3) is 5.91 Å². The van der Waals surface area contributed by atoms with Crippen LogP contribution in [0, 0.1) is 11.6 Å². The summed E-state index contributed by atoms with van der Waals surface area (Å²) in [7, 11) is 0. The molecule has 5 nitrogen and oxygen atoms in total. The van der Waals surface area contributed by atoms with Gasteiger partial charge in [-0.05, 0) is 31.2 Å². The Labute approximate surface area is 149 Å². The Bertz CT molecular complexity index is 901. The maximum Gasteiger partial charge on any atom is 0.258 e. The lowest BCUT2D eigenvalue weighted by molar-refractivity contribution is 0.102. The average molecular weight is 354 g/mol. The zero-order valence-electron chi connectivity index (χ0n) is 14.0. The van der Waals surface area contributed by atoms with Crippen molar-refractivity contribution in [3.05, 3.63) is 78.1 Å². The van der Waals surface area contributed by atoms with Crippen molar-refractivity contribution in [3.63, 3.8) is 0 Å². The van der Waals surface area contributed by atoms with Crippen molar-refractivity contribution < 1.29 is 13.6 Å². The maximum atomic E-state index is 13.6. The first kappa shape index (κ1) is 17.5. The van der Waals surface area contributed by atoms with Gasteiger partial charge in [0.05, 0.1) is 11.3 Å². The highest BCUT2D eigenvalue weighted by atomic mass is 19.1. The van der Waals surface area contributed by atoms with Crippen molar-refractivity contribution in [3.8, 4) is 0 Å². The number of anilines is 3. The van der Waals surface area contributed by atoms with E-state index in [1.165, 1.54) is 12.4 Å². The molecular formula is C19H16F2N4O. The summed E-state index contributed by atoms with van der Waals surface area (Å²) in [5, 5.41) is 2.37. The van der Waals surface area contributed by atoms with Crippen molar-refractivity contribution in [2.24, 2.45) is 0 Å². The molecule has 132 valence electrons. The number of hydrogen-bond acceptors (Lipinski definition) is 4. The van der Waals surface area contributed by atoms with Crippen molar-refractivity contribution in [2.75, 3.05) is 16.8 Å². The highest BCUT2D eigenvalue weighted by Gasteiger charge is 2.14.